The van der Waals surface area contributed by atoms with Gasteiger partial charge in [0.25, 0.3) is 0 Å². The molecule has 1 unspecified atom stereocenters. The first-order chi connectivity index (χ1) is 15.1. The van der Waals surface area contributed by atoms with Crippen LogP contribution in [0.5, 0.6) is 0 Å². The lowest BCUT2D eigenvalue weighted by Gasteiger charge is -2.38. The van der Waals surface area contributed by atoms with E-state index >= 15 is 0 Å². The molecule has 1 aromatic carbocycles. The third kappa shape index (κ3) is 7.65. The summed E-state index contributed by atoms with van der Waals surface area (Å²) in [4.78, 5) is 31.6. The zero-order chi connectivity index (χ0) is 23.8. The summed E-state index contributed by atoms with van der Waals surface area (Å²) in [6.45, 7) is 10.6. The van der Waals surface area contributed by atoms with Crippen molar-refractivity contribution in [2.24, 2.45) is 10.4 Å². The van der Waals surface area contributed by atoms with Crippen molar-refractivity contribution in [2.45, 2.75) is 65.0 Å². The first kappa shape index (κ1) is 25.3. The van der Waals surface area contributed by atoms with Gasteiger partial charge in [-0.2, -0.15) is 5.26 Å². The number of likely N-dealkylation sites (tertiary alicyclic amines) is 1. The summed E-state index contributed by atoms with van der Waals surface area (Å²) in [5.41, 5.74) is -0.592. The second-order valence-electron chi connectivity index (χ2n) is 9.58. The zero-order valence-corrected chi connectivity index (χ0v) is 19.5. The third-order valence-electron chi connectivity index (χ3n) is 5.49. The molecule has 1 heterocycles. The molecule has 174 valence electrons. The Hall–Kier alpha value is -2.92. The van der Waals surface area contributed by atoms with Gasteiger partial charge in [0.05, 0.1) is 6.07 Å². The van der Waals surface area contributed by atoms with Gasteiger partial charge >= 0.3 is 6.09 Å². The topological polar surface area (TPSA) is 118 Å². The van der Waals surface area contributed by atoms with Gasteiger partial charge < -0.3 is 15.3 Å². The number of carboxylic acid groups (broad SMARTS) is 1. The number of hydrogen-bond donors (Lipinski definition) is 3. The molecule has 1 atom stereocenters. The number of carbonyl (C=O) groups excluding carboxylic acids is 1. The van der Waals surface area contributed by atoms with Crippen molar-refractivity contribution >= 4 is 17.8 Å². The molecular formula is C24H35N5O3. The van der Waals surface area contributed by atoms with Crippen LogP contribution in [0.3, 0.4) is 0 Å². The van der Waals surface area contributed by atoms with Gasteiger partial charge in [-0.05, 0) is 37.6 Å². The van der Waals surface area contributed by atoms with Crippen molar-refractivity contribution < 1.29 is 14.7 Å². The summed E-state index contributed by atoms with van der Waals surface area (Å²) < 4.78 is 0. The van der Waals surface area contributed by atoms with E-state index < -0.39 is 17.7 Å². The minimum Gasteiger partial charge on any atom is -0.465 e. The molecule has 1 fully saturated rings. The van der Waals surface area contributed by atoms with Crippen LogP contribution in [-0.2, 0) is 4.79 Å². The quantitative estimate of drug-likeness (QED) is 0.443. The molecule has 8 heteroatoms. The molecule has 1 aliphatic heterocycles. The van der Waals surface area contributed by atoms with E-state index in [0.29, 0.717) is 24.8 Å². The Labute approximate surface area is 190 Å². The molecule has 0 aliphatic carbocycles. The number of piperidine rings is 1. The summed E-state index contributed by atoms with van der Waals surface area (Å²) in [6, 6.07) is 10.3. The van der Waals surface area contributed by atoms with E-state index in [2.05, 4.69) is 33.5 Å². The molecule has 1 aliphatic rings. The number of amidine groups is 1. The minimum atomic E-state index is -1.25. The van der Waals surface area contributed by atoms with Crippen LogP contribution in [0.25, 0.3) is 0 Å². The predicted molar refractivity (Wildman–Crippen MR) is 124 cm³/mol. The Balaban J connectivity index is 2.30. The van der Waals surface area contributed by atoms with Crippen LogP contribution in [0, 0.1) is 16.7 Å². The highest BCUT2D eigenvalue weighted by atomic mass is 16.4. The lowest BCUT2D eigenvalue weighted by atomic mass is 9.85. The smallest absolute Gasteiger partial charge is 0.410 e. The normalized spacial score (nSPS) is 17.8. The van der Waals surface area contributed by atoms with Gasteiger partial charge in [0.2, 0.25) is 5.91 Å². The Kier molecular flexibility index (Phi) is 8.79. The highest BCUT2D eigenvalue weighted by Gasteiger charge is 2.38. The summed E-state index contributed by atoms with van der Waals surface area (Å²) >= 11 is 0. The SMILES string of the molecule is CCCN1CCC(C#N)(NC(=O)C(CC(C)(C)C)N=C(NC(=O)O)c2ccccc2)CC1. The van der Waals surface area contributed by atoms with Gasteiger partial charge in [-0.3, -0.25) is 15.1 Å². The molecule has 0 bridgehead atoms. The molecule has 0 spiro atoms. The minimum absolute atomic E-state index is 0.117. The number of nitrogens with zero attached hydrogens (tertiary/aromatic N) is 3. The van der Waals surface area contributed by atoms with Gasteiger partial charge in [-0.25, -0.2) is 4.79 Å². The van der Waals surface area contributed by atoms with Gasteiger partial charge in [0, 0.05) is 18.7 Å². The van der Waals surface area contributed by atoms with Crippen LogP contribution < -0.4 is 10.6 Å². The standard InChI is InChI=1S/C24H35N5O3/c1-5-13-29-14-11-24(17-25,12-15-29)28-21(30)19(16-23(2,3)4)26-20(27-22(31)32)18-9-7-6-8-10-18/h6-10,19H,5,11-16H2,1-4H3,(H,26,27)(H,28,30)(H,31,32). The van der Waals surface area contributed by atoms with Gasteiger partial charge in [-0.1, -0.05) is 58.0 Å². The van der Waals surface area contributed by atoms with Crippen molar-refractivity contribution in [3.63, 3.8) is 0 Å². The van der Waals surface area contributed by atoms with Crippen LogP contribution in [0.1, 0.15) is 58.9 Å². The van der Waals surface area contributed by atoms with Crippen molar-refractivity contribution in [1.29, 1.82) is 5.26 Å². The fourth-order valence-corrected chi connectivity index (χ4v) is 3.87. The van der Waals surface area contributed by atoms with Crippen LogP contribution in [-0.4, -0.2) is 59.1 Å². The van der Waals surface area contributed by atoms with Crippen molar-refractivity contribution in [1.82, 2.24) is 15.5 Å². The van der Waals surface area contributed by atoms with Crippen molar-refractivity contribution in [2.75, 3.05) is 19.6 Å². The molecule has 2 rings (SSSR count). The van der Waals surface area contributed by atoms with E-state index in [4.69, 9.17) is 0 Å². The highest BCUT2D eigenvalue weighted by molar-refractivity contribution is 6.07. The molecule has 2 amide bonds. The first-order valence-corrected chi connectivity index (χ1v) is 11.2. The lowest BCUT2D eigenvalue weighted by molar-refractivity contribution is -0.124. The van der Waals surface area contributed by atoms with E-state index in [-0.39, 0.29) is 17.2 Å². The monoisotopic (exact) mass is 441 g/mol. The third-order valence-corrected chi connectivity index (χ3v) is 5.49. The summed E-state index contributed by atoms with van der Waals surface area (Å²) in [7, 11) is 0. The molecular weight excluding hydrogens is 406 g/mol. The Bertz CT molecular complexity index is 847. The number of amides is 2. The van der Waals surface area contributed by atoms with Crippen molar-refractivity contribution in [3.05, 3.63) is 35.9 Å². The number of hydrogen-bond acceptors (Lipinski definition) is 5. The Morgan fingerprint density at radius 2 is 1.88 bits per heavy atom. The second-order valence-corrected chi connectivity index (χ2v) is 9.58. The maximum atomic E-state index is 13.4. The zero-order valence-electron chi connectivity index (χ0n) is 19.5. The average molecular weight is 442 g/mol. The number of carbonyl (C=O) groups is 2. The molecule has 1 saturated heterocycles. The van der Waals surface area contributed by atoms with Crippen LogP contribution in [0.4, 0.5) is 4.79 Å². The van der Waals surface area contributed by atoms with Gasteiger partial charge in [0.15, 0.2) is 0 Å². The number of nitriles is 1. The molecule has 0 radical (unpaired) electrons. The molecule has 1 aromatic rings. The van der Waals surface area contributed by atoms with E-state index in [0.717, 1.165) is 26.1 Å². The molecule has 0 aromatic heterocycles. The summed E-state index contributed by atoms with van der Waals surface area (Å²) in [5.74, 6) is -0.239. The van der Waals surface area contributed by atoms with Gasteiger partial charge in [-0.15, -0.1) is 0 Å². The molecule has 8 nitrogen and oxygen atoms in total. The number of nitrogens with one attached hydrogen (secondary N) is 2. The molecule has 0 saturated carbocycles. The maximum absolute atomic E-state index is 13.4. The number of aliphatic imine (C=N–C) groups is 1. The van der Waals surface area contributed by atoms with Crippen LogP contribution in [0.2, 0.25) is 0 Å². The van der Waals surface area contributed by atoms with E-state index in [1.165, 1.54) is 0 Å². The van der Waals surface area contributed by atoms with Gasteiger partial charge in [0.1, 0.15) is 17.4 Å². The predicted octanol–water partition coefficient (Wildman–Crippen LogP) is 3.39. The van der Waals surface area contributed by atoms with Crippen molar-refractivity contribution in [3.8, 4) is 6.07 Å². The maximum Gasteiger partial charge on any atom is 0.410 e. The second kappa shape index (κ2) is 11.1. The first-order valence-electron chi connectivity index (χ1n) is 11.2. The number of benzene rings is 1. The van der Waals surface area contributed by atoms with Crippen LogP contribution in [0.15, 0.2) is 35.3 Å². The van der Waals surface area contributed by atoms with Crippen LogP contribution >= 0.6 is 0 Å². The average Bonchev–Trinajstić information content (AvgIpc) is 2.74. The summed E-state index contributed by atoms with van der Waals surface area (Å²) in [6.07, 6.45) is 1.31. The highest BCUT2D eigenvalue weighted by Crippen LogP contribution is 2.26. The Morgan fingerprint density at radius 1 is 1.25 bits per heavy atom. The molecule has 3 N–H and O–H groups in total. The largest absolute Gasteiger partial charge is 0.465 e. The van der Waals surface area contributed by atoms with E-state index in [9.17, 15) is 20.0 Å². The number of rotatable bonds is 7. The fourth-order valence-electron chi connectivity index (χ4n) is 3.87. The Morgan fingerprint density at radius 3 is 2.38 bits per heavy atom. The van der Waals surface area contributed by atoms with E-state index in [1.54, 1.807) is 24.3 Å². The summed E-state index contributed by atoms with van der Waals surface area (Å²) in [5, 5.41) is 24.5. The molecule has 32 heavy (non-hydrogen) atoms. The fraction of sp³-hybridized carbons (Fsp3) is 0.583. The van der Waals surface area contributed by atoms with E-state index in [1.807, 2.05) is 26.8 Å². The lowest BCUT2D eigenvalue weighted by Crippen LogP contribution is -2.56.